The lowest BCUT2D eigenvalue weighted by atomic mass is 9.88. The van der Waals surface area contributed by atoms with Gasteiger partial charge in [-0.2, -0.15) is 11.8 Å². The molecule has 19 heavy (non-hydrogen) atoms. The molecule has 1 aliphatic carbocycles. The van der Waals surface area contributed by atoms with Crippen molar-refractivity contribution in [1.82, 2.24) is 4.72 Å². The summed E-state index contributed by atoms with van der Waals surface area (Å²) in [5, 5.41) is 1.78. The van der Waals surface area contributed by atoms with Crippen molar-refractivity contribution in [3.05, 3.63) is 15.9 Å². The molecule has 0 unspecified atom stereocenters. The first kappa shape index (κ1) is 15.8. The van der Waals surface area contributed by atoms with E-state index in [-0.39, 0.29) is 4.75 Å². The van der Waals surface area contributed by atoms with Gasteiger partial charge in [0.2, 0.25) is 0 Å². The largest absolute Gasteiger partial charge is 0.251 e. The number of thiophene rings is 1. The molecule has 0 radical (unpaired) electrons. The average Bonchev–Trinajstić information content (AvgIpc) is 2.85. The second kappa shape index (κ2) is 6.47. The van der Waals surface area contributed by atoms with E-state index in [9.17, 15) is 8.42 Å². The highest BCUT2D eigenvalue weighted by Gasteiger charge is 2.33. The third-order valence-electron chi connectivity index (χ3n) is 3.61. The third-order valence-corrected chi connectivity index (χ3v) is 9.10. The molecule has 1 fully saturated rings. The minimum absolute atomic E-state index is 0.0784. The molecule has 1 aromatic heterocycles. The van der Waals surface area contributed by atoms with Gasteiger partial charge in [-0.05, 0) is 46.5 Å². The number of hydrogen-bond donors (Lipinski definition) is 1. The molecule has 1 N–H and O–H groups in total. The van der Waals surface area contributed by atoms with Gasteiger partial charge in [0.05, 0.1) is 0 Å². The zero-order valence-electron chi connectivity index (χ0n) is 10.8. The Morgan fingerprint density at radius 1 is 1.42 bits per heavy atom. The van der Waals surface area contributed by atoms with Crippen LogP contribution >= 0.6 is 39.0 Å². The molecule has 108 valence electrons. The number of halogens is 1. The van der Waals surface area contributed by atoms with E-state index < -0.39 is 10.0 Å². The smallest absolute Gasteiger partial charge is 0.209 e. The monoisotopic (exact) mass is 383 g/mol. The van der Waals surface area contributed by atoms with E-state index >= 15 is 0 Å². The predicted molar refractivity (Wildman–Crippen MR) is 86.5 cm³/mol. The summed E-state index contributed by atoms with van der Waals surface area (Å²) in [5.41, 5.74) is 0. The highest BCUT2D eigenvalue weighted by molar-refractivity contribution is 9.10. The minimum atomic E-state index is -3.39. The summed E-state index contributed by atoms with van der Waals surface area (Å²) in [6, 6.07) is 1.77. The molecule has 0 spiro atoms. The second-order valence-corrected chi connectivity index (χ2v) is 9.84. The summed E-state index contributed by atoms with van der Waals surface area (Å²) in [4.78, 5) is 0. The molecule has 2 rings (SSSR count). The van der Waals surface area contributed by atoms with Crippen LogP contribution in [0.1, 0.15) is 32.1 Å². The molecule has 1 heterocycles. The first-order valence-electron chi connectivity index (χ1n) is 6.27. The van der Waals surface area contributed by atoms with Crippen LogP contribution in [0.15, 0.2) is 20.1 Å². The van der Waals surface area contributed by atoms with Crippen LogP contribution in [0.4, 0.5) is 0 Å². The fourth-order valence-electron chi connectivity index (χ4n) is 2.41. The van der Waals surface area contributed by atoms with Gasteiger partial charge in [-0.1, -0.05) is 19.3 Å². The van der Waals surface area contributed by atoms with E-state index in [4.69, 9.17) is 0 Å². The highest BCUT2D eigenvalue weighted by Crippen LogP contribution is 2.38. The Morgan fingerprint density at radius 2 is 2.11 bits per heavy atom. The summed E-state index contributed by atoms with van der Waals surface area (Å²) < 4.78 is 28.4. The molecule has 0 atom stereocenters. The maximum atomic E-state index is 12.3. The fourth-order valence-corrected chi connectivity index (χ4v) is 6.93. The molecule has 1 aromatic rings. The normalized spacial score (nSPS) is 19.5. The molecule has 1 saturated carbocycles. The Bertz CT molecular complexity index is 521. The first-order valence-corrected chi connectivity index (χ1v) is 10.6. The van der Waals surface area contributed by atoms with Crippen LogP contribution in [-0.4, -0.2) is 26.0 Å². The van der Waals surface area contributed by atoms with Gasteiger partial charge in [0.15, 0.2) is 0 Å². The average molecular weight is 384 g/mol. The van der Waals surface area contributed by atoms with Gasteiger partial charge in [0, 0.05) is 15.8 Å². The number of nitrogens with one attached hydrogen (secondary N) is 1. The molecular formula is C12H18BrNO2S3. The number of hydrogen-bond acceptors (Lipinski definition) is 4. The van der Waals surface area contributed by atoms with Crippen LogP contribution in [-0.2, 0) is 10.0 Å². The van der Waals surface area contributed by atoms with Gasteiger partial charge >= 0.3 is 0 Å². The SMILES string of the molecule is CSC1(CNS(=O)(=O)c2sccc2Br)CCCCC1. The molecular weight excluding hydrogens is 366 g/mol. The van der Waals surface area contributed by atoms with E-state index in [0.717, 1.165) is 12.8 Å². The van der Waals surface area contributed by atoms with Crippen molar-refractivity contribution < 1.29 is 8.42 Å². The zero-order chi connectivity index (χ0) is 13.9. The summed E-state index contributed by atoms with van der Waals surface area (Å²) >= 11 is 6.33. The fraction of sp³-hybridized carbons (Fsp3) is 0.667. The van der Waals surface area contributed by atoms with Gasteiger partial charge in [0.25, 0.3) is 10.0 Å². The maximum absolute atomic E-state index is 12.3. The number of thioether (sulfide) groups is 1. The quantitative estimate of drug-likeness (QED) is 0.839. The van der Waals surface area contributed by atoms with Crippen molar-refractivity contribution in [2.75, 3.05) is 12.8 Å². The van der Waals surface area contributed by atoms with Gasteiger partial charge in [-0.15, -0.1) is 11.3 Å². The van der Waals surface area contributed by atoms with E-state index in [0.29, 0.717) is 15.2 Å². The van der Waals surface area contributed by atoms with Crippen molar-refractivity contribution in [3.63, 3.8) is 0 Å². The van der Waals surface area contributed by atoms with Crippen LogP contribution in [0.5, 0.6) is 0 Å². The second-order valence-electron chi connectivity index (χ2n) is 4.83. The molecule has 0 amide bonds. The van der Waals surface area contributed by atoms with Gasteiger partial charge in [-0.3, -0.25) is 0 Å². The van der Waals surface area contributed by atoms with E-state index in [1.807, 2.05) is 0 Å². The summed E-state index contributed by atoms with van der Waals surface area (Å²) in [6.07, 6.45) is 7.95. The number of rotatable bonds is 5. The molecule has 0 aromatic carbocycles. The zero-order valence-corrected chi connectivity index (χ0v) is 14.9. The summed E-state index contributed by atoms with van der Waals surface area (Å²) in [5.74, 6) is 0. The molecule has 0 aliphatic heterocycles. The summed E-state index contributed by atoms with van der Waals surface area (Å²) in [7, 11) is -3.39. The van der Waals surface area contributed by atoms with Crippen molar-refractivity contribution >= 4 is 49.1 Å². The number of sulfonamides is 1. The first-order chi connectivity index (χ1) is 8.99. The molecule has 0 saturated heterocycles. The topological polar surface area (TPSA) is 46.2 Å². The lowest BCUT2D eigenvalue weighted by molar-refractivity contribution is 0.395. The molecule has 1 aliphatic rings. The third kappa shape index (κ3) is 3.75. The lowest BCUT2D eigenvalue weighted by Crippen LogP contribution is -2.41. The van der Waals surface area contributed by atoms with Gasteiger partial charge in [0.1, 0.15) is 4.21 Å². The Balaban J connectivity index is 2.07. The Kier molecular flexibility index (Phi) is 5.39. The Morgan fingerprint density at radius 3 is 2.63 bits per heavy atom. The van der Waals surface area contributed by atoms with Gasteiger partial charge in [-0.25, -0.2) is 13.1 Å². The molecule has 0 bridgehead atoms. The molecule has 3 nitrogen and oxygen atoms in total. The summed E-state index contributed by atoms with van der Waals surface area (Å²) in [6.45, 7) is 0.529. The standard InChI is InChI=1S/C12H18BrNO2S3/c1-17-12(6-3-2-4-7-12)9-14-19(15,16)11-10(13)5-8-18-11/h5,8,14H,2-4,6-7,9H2,1H3. The van der Waals surface area contributed by atoms with Crippen LogP contribution in [0.2, 0.25) is 0 Å². The molecule has 7 heteroatoms. The van der Waals surface area contributed by atoms with E-state index in [1.54, 1.807) is 23.2 Å². The van der Waals surface area contributed by atoms with Crippen LogP contribution in [0, 0.1) is 0 Å². The predicted octanol–water partition coefficient (Wildman–Crippen LogP) is 3.85. The van der Waals surface area contributed by atoms with Crippen molar-refractivity contribution in [2.45, 2.75) is 41.1 Å². The van der Waals surface area contributed by atoms with Crippen LogP contribution < -0.4 is 4.72 Å². The van der Waals surface area contributed by atoms with E-state index in [1.165, 1.54) is 30.6 Å². The van der Waals surface area contributed by atoms with Gasteiger partial charge < -0.3 is 0 Å². The van der Waals surface area contributed by atoms with Crippen molar-refractivity contribution in [3.8, 4) is 0 Å². The minimum Gasteiger partial charge on any atom is -0.209 e. The lowest BCUT2D eigenvalue weighted by Gasteiger charge is -2.35. The van der Waals surface area contributed by atoms with E-state index in [2.05, 4.69) is 26.9 Å². The Labute approximate surface area is 131 Å². The highest BCUT2D eigenvalue weighted by atomic mass is 79.9. The maximum Gasteiger partial charge on any atom is 0.251 e. The van der Waals surface area contributed by atoms with Crippen molar-refractivity contribution in [1.29, 1.82) is 0 Å². The van der Waals surface area contributed by atoms with Crippen LogP contribution in [0.3, 0.4) is 0 Å². The van der Waals surface area contributed by atoms with Crippen molar-refractivity contribution in [2.24, 2.45) is 0 Å². The van der Waals surface area contributed by atoms with Crippen LogP contribution in [0.25, 0.3) is 0 Å². The Hall–Kier alpha value is 0.440.